The molecule has 0 saturated carbocycles. The zero-order valence-corrected chi connectivity index (χ0v) is 10.8. The van der Waals surface area contributed by atoms with Crippen LogP contribution < -0.4 is 0 Å². The highest BCUT2D eigenvalue weighted by molar-refractivity contribution is 5.90. The molecule has 1 nitrogen and oxygen atoms in total. The summed E-state index contributed by atoms with van der Waals surface area (Å²) in [5, 5.41) is 0. The van der Waals surface area contributed by atoms with Crippen molar-refractivity contribution >= 4 is 5.78 Å². The second-order valence-electron chi connectivity index (χ2n) is 4.86. The fourth-order valence-electron chi connectivity index (χ4n) is 1.48. The summed E-state index contributed by atoms with van der Waals surface area (Å²) in [7, 11) is 0. The second-order valence-corrected chi connectivity index (χ2v) is 4.86. The Hall–Kier alpha value is -0.850. The number of rotatable bonds is 6. The van der Waals surface area contributed by atoms with Crippen LogP contribution in [0.25, 0.3) is 0 Å². The highest BCUT2D eigenvalue weighted by atomic mass is 16.1. The van der Waals surface area contributed by atoms with Crippen LogP contribution in [0.3, 0.4) is 0 Å². The number of hydrogen-bond donors (Lipinski definition) is 0. The molecule has 1 unspecified atom stereocenters. The highest BCUT2D eigenvalue weighted by Crippen LogP contribution is 2.13. The fraction of sp³-hybridized carbons (Fsp3) is 0.643. The van der Waals surface area contributed by atoms with Crippen molar-refractivity contribution < 1.29 is 4.79 Å². The van der Waals surface area contributed by atoms with Gasteiger partial charge in [-0.15, -0.1) is 0 Å². The van der Waals surface area contributed by atoms with Crippen molar-refractivity contribution in [3.63, 3.8) is 0 Å². The summed E-state index contributed by atoms with van der Waals surface area (Å²) in [6.07, 6.45) is 6.86. The van der Waals surface area contributed by atoms with Gasteiger partial charge in [0.2, 0.25) is 0 Å². The summed E-state index contributed by atoms with van der Waals surface area (Å²) < 4.78 is 0. The maximum Gasteiger partial charge on any atom is 0.155 e. The Kier molecular flexibility index (Phi) is 7.02. The summed E-state index contributed by atoms with van der Waals surface area (Å²) in [6.45, 7) is 10.3. The zero-order valence-electron chi connectivity index (χ0n) is 10.8. The molecular formula is C14H24O. The molecule has 86 valence electrons. The highest BCUT2D eigenvalue weighted by Gasteiger charge is 2.05. The fourth-order valence-corrected chi connectivity index (χ4v) is 1.48. The Balaban J connectivity index is 3.84. The standard InChI is InChI=1S/C14H24O/c1-11(2)7-6-8-13(5)10-14(15)9-12(3)4/h7,9,13H,6,8,10H2,1-5H3. The van der Waals surface area contributed by atoms with Crippen molar-refractivity contribution in [1.29, 1.82) is 0 Å². The van der Waals surface area contributed by atoms with E-state index in [1.165, 1.54) is 5.57 Å². The Morgan fingerprint density at radius 2 is 1.73 bits per heavy atom. The van der Waals surface area contributed by atoms with Crippen molar-refractivity contribution in [2.45, 2.75) is 53.9 Å². The normalized spacial score (nSPS) is 11.8. The van der Waals surface area contributed by atoms with E-state index in [2.05, 4.69) is 26.8 Å². The predicted molar refractivity (Wildman–Crippen MR) is 66.9 cm³/mol. The smallest absolute Gasteiger partial charge is 0.155 e. The summed E-state index contributed by atoms with van der Waals surface area (Å²) in [4.78, 5) is 11.5. The molecule has 0 aromatic rings. The van der Waals surface area contributed by atoms with Crippen LogP contribution in [0.5, 0.6) is 0 Å². The molecule has 0 aliphatic rings. The molecule has 1 heteroatoms. The van der Waals surface area contributed by atoms with Crippen molar-refractivity contribution in [2.24, 2.45) is 5.92 Å². The first kappa shape index (κ1) is 14.2. The van der Waals surface area contributed by atoms with Crippen LogP contribution in [0.2, 0.25) is 0 Å². The van der Waals surface area contributed by atoms with Gasteiger partial charge in [0.25, 0.3) is 0 Å². The predicted octanol–water partition coefficient (Wildman–Crippen LogP) is 4.29. The topological polar surface area (TPSA) is 17.1 Å². The number of carbonyl (C=O) groups is 1. The molecule has 0 amide bonds. The molecule has 0 rings (SSSR count). The first-order chi connectivity index (χ1) is 6.91. The minimum atomic E-state index is 0.264. The van der Waals surface area contributed by atoms with Gasteiger partial charge in [0.05, 0.1) is 0 Å². The van der Waals surface area contributed by atoms with E-state index in [-0.39, 0.29) is 5.78 Å². The minimum absolute atomic E-state index is 0.264. The summed E-state index contributed by atoms with van der Waals surface area (Å²) >= 11 is 0. The maximum atomic E-state index is 11.5. The van der Waals surface area contributed by atoms with Gasteiger partial charge < -0.3 is 0 Å². The number of allylic oxidation sites excluding steroid dienone is 4. The lowest BCUT2D eigenvalue weighted by atomic mass is 9.98. The molecule has 0 aliphatic heterocycles. The summed E-state index contributed by atoms with van der Waals surface area (Å²) in [5.41, 5.74) is 2.45. The molecular weight excluding hydrogens is 184 g/mol. The molecule has 1 atom stereocenters. The van der Waals surface area contributed by atoms with Gasteiger partial charge in [-0.05, 0) is 52.5 Å². The first-order valence-corrected chi connectivity index (χ1v) is 5.73. The van der Waals surface area contributed by atoms with Crippen LogP contribution in [0.15, 0.2) is 23.3 Å². The van der Waals surface area contributed by atoms with E-state index in [9.17, 15) is 4.79 Å². The Labute approximate surface area is 94.3 Å². The van der Waals surface area contributed by atoms with Gasteiger partial charge in [0.1, 0.15) is 0 Å². The summed E-state index contributed by atoms with van der Waals surface area (Å²) in [5.74, 6) is 0.753. The third-order valence-corrected chi connectivity index (χ3v) is 2.21. The lowest BCUT2D eigenvalue weighted by Crippen LogP contribution is -2.03. The molecule has 0 heterocycles. The monoisotopic (exact) mass is 208 g/mol. The third-order valence-electron chi connectivity index (χ3n) is 2.21. The third kappa shape index (κ3) is 9.45. The molecule has 0 bridgehead atoms. The van der Waals surface area contributed by atoms with Gasteiger partial charge in [-0.3, -0.25) is 4.79 Å². The van der Waals surface area contributed by atoms with Crippen LogP contribution >= 0.6 is 0 Å². The Morgan fingerprint density at radius 3 is 2.20 bits per heavy atom. The average Bonchev–Trinajstić information content (AvgIpc) is 2.00. The summed E-state index contributed by atoms with van der Waals surface area (Å²) in [6, 6.07) is 0. The molecule has 0 spiro atoms. The molecule has 0 aromatic heterocycles. The molecule has 15 heavy (non-hydrogen) atoms. The average molecular weight is 208 g/mol. The molecule has 0 saturated heterocycles. The van der Waals surface area contributed by atoms with Crippen LogP contribution in [-0.2, 0) is 4.79 Å². The second kappa shape index (κ2) is 7.44. The lowest BCUT2D eigenvalue weighted by Gasteiger charge is -2.07. The van der Waals surface area contributed by atoms with Gasteiger partial charge in [-0.1, -0.05) is 24.1 Å². The maximum absolute atomic E-state index is 11.5. The molecule has 0 radical (unpaired) electrons. The molecule has 0 aromatic carbocycles. The van der Waals surface area contributed by atoms with E-state index in [1.54, 1.807) is 6.08 Å². The van der Waals surface area contributed by atoms with Gasteiger partial charge >= 0.3 is 0 Å². The SMILES string of the molecule is CC(C)=CCCC(C)CC(=O)C=C(C)C. The van der Waals surface area contributed by atoms with Gasteiger partial charge in [-0.2, -0.15) is 0 Å². The molecule has 0 N–H and O–H groups in total. The Bertz CT molecular complexity index is 251. The minimum Gasteiger partial charge on any atom is -0.295 e. The van der Waals surface area contributed by atoms with Crippen molar-refractivity contribution in [3.8, 4) is 0 Å². The van der Waals surface area contributed by atoms with E-state index in [0.29, 0.717) is 12.3 Å². The van der Waals surface area contributed by atoms with Crippen molar-refractivity contribution in [3.05, 3.63) is 23.3 Å². The van der Waals surface area contributed by atoms with Crippen LogP contribution in [0.4, 0.5) is 0 Å². The van der Waals surface area contributed by atoms with Crippen LogP contribution in [0.1, 0.15) is 53.9 Å². The molecule has 0 fully saturated rings. The molecule has 0 aliphatic carbocycles. The van der Waals surface area contributed by atoms with E-state index in [0.717, 1.165) is 18.4 Å². The zero-order chi connectivity index (χ0) is 11.8. The van der Waals surface area contributed by atoms with E-state index < -0.39 is 0 Å². The van der Waals surface area contributed by atoms with Crippen LogP contribution in [-0.4, -0.2) is 5.78 Å². The van der Waals surface area contributed by atoms with Crippen molar-refractivity contribution in [1.82, 2.24) is 0 Å². The van der Waals surface area contributed by atoms with Crippen LogP contribution in [0, 0.1) is 5.92 Å². The van der Waals surface area contributed by atoms with Crippen molar-refractivity contribution in [2.75, 3.05) is 0 Å². The van der Waals surface area contributed by atoms with E-state index in [1.807, 2.05) is 13.8 Å². The van der Waals surface area contributed by atoms with E-state index >= 15 is 0 Å². The van der Waals surface area contributed by atoms with Gasteiger partial charge in [0.15, 0.2) is 5.78 Å². The van der Waals surface area contributed by atoms with Gasteiger partial charge in [0, 0.05) is 6.42 Å². The number of ketones is 1. The quantitative estimate of drug-likeness (QED) is 0.470. The lowest BCUT2D eigenvalue weighted by molar-refractivity contribution is -0.115. The van der Waals surface area contributed by atoms with Gasteiger partial charge in [-0.25, -0.2) is 0 Å². The van der Waals surface area contributed by atoms with E-state index in [4.69, 9.17) is 0 Å². The Morgan fingerprint density at radius 1 is 1.13 bits per heavy atom. The largest absolute Gasteiger partial charge is 0.295 e. The first-order valence-electron chi connectivity index (χ1n) is 5.73. The number of carbonyl (C=O) groups excluding carboxylic acids is 1. The number of hydrogen-bond acceptors (Lipinski definition) is 1.